The summed E-state index contributed by atoms with van der Waals surface area (Å²) in [4.78, 5) is 0. The largest absolute Gasteiger partial charge is 0.259 e. The van der Waals surface area contributed by atoms with Gasteiger partial charge >= 0.3 is 0 Å². The normalized spacial score (nSPS) is 13.4. The molecule has 0 bridgehead atoms. The van der Waals surface area contributed by atoms with Gasteiger partial charge in [-0.15, -0.1) is 0 Å². The number of halogens is 1. The van der Waals surface area contributed by atoms with Crippen LogP contribution in [0.3, 0.4) is 0 Å². The van der Waals surface area contributed by atoms with Gasteiger partial charge in [0.1, 0.15) is 6.67 Å². The third-order valence-corrected chi connectivity index (χ3v) is 2.63. The summed E-state index contributed by atoms with van der Waals surface area (Å²) in [6.45, 7) is 1.65. The topological polar surface area (TPSA) is 17.1 Å². The molecule has 0 aromatic carbocycles. The maximum atomic E-state index is 11.6. The molecule has 0 spiro atoms. The Morgan fingerprint density at radius 2 is 2.00 bits per heavy atom. The van der Waals surface area contributed by atoms with E-state index in [1.807, 2.05) is 0 Å². The van der Waals surface area contributed by atoms with Crippen molar-refractivity contribution >= 4 is 10.8 Å². The van der Waals surface area contributed by atoms with Gasteiger partial charge in [0.2, 0.25) is 0 Å². The van der Waals surface area contributed by atoms with E-state index in [-0.39, 0.29) is 5.75 Å². The van der Waals surface area contributed by atoms with Gasteiger partial charge in [0.25, 0.3) is 0 Å². The Kier molecular flexibility index (Phi) is 7.25. The summed E-state index contributed by atoms with van der Waals surface area (Å²) in [5, 5.41) is 0. The van der Waals surface area contributed by atoms with Gasteiger partial charge in [-0.25, -0.2) is 0 Å². The fourth-order valence-corrected chi connectivity index (χ4v) is 1.60. The van der Waals surface area contributed by atoms with E-state index < -0.39 is 17.5 Å². The lowest BCUT2D eigenvalue weighted by Gasteiger charge is -1.96. The monoisotopic (exact) mass is 166 g/mol. The fraction of sp³-hybridized carbons (Fsp3) is 1.00. The molecule has 62 valence electrons. The van der Waals surface area contributed by atoms with Gasteiger partial charge in [0, 0.05) is 16.6 Å². The molecule has 0 aliphatic heterocycles. The second-order valence-electron chi connectivity index (χ2n) is 2.24. The molecule has 1 nitrogen and oxygen atoms in total. The molecule has 0 aliphatic rings. The van der Waals surface area contributed by atoms with E-state index in [9.17, 15) is 8.60 Å². The van der Waals surface area contributed by atoms with Crippen LogP contribution in [0.25, 0.3) is 0 Å². The van der Waals surface area contributed by atoms with E-state index in [0.717, 1.165) is 19.3 Å². The molecule has 1 atom stereocenters. The van der Waals surface area contributed by atoms with Crippen LogP contribution in [0.15, 0.2) is 0 Å². The van der Waals surface area contributed by atoms with Crippen LogP contribution in [0.1, 0.15) is 26.2 Å². The van der Waals surface area contributed by atoms with Gasteiger partial charge < -0.3 is 0 Å². The van der Waals surface area contributed by atoms with Crippen molar-refractivity contribution in [2.24, 2.45) is 0 Å². The molecule has 0 amide bonds. The van der Waals surface area contributed by atoms with Crippen LogP contribution in [0, 0.1) is 0 Å². The van der Waals surface area contributed by atoms with E-state index in [0.29, 0.717) is 5.75 Å². The standard InChI is InChI=1S/C7H15FOS/c1-2-3-4-6-10(9)7-5-8/h2-7H2,1H3. The van der Waals surface area contributed by atoms with Crippen molar-refractivity contribution in [2.75, 3.05) is 18.2 Å². The summed E-state index contributed by atoms with van der Waals surface area (Å²) in [6.07, 6.45) is 3.22. The first kappa shape index (κ1) is 10.1. The molecule has 10 heavy (non-hydrogen) atoms. The van der Waals surface area contributed by atoms with Crippen LogP contribution < -0.4 is 0 Å². The molecular formula is C7H15FOS. The third-order valence-electron chi connectivity index (χ3n) is 1.28. The Bertz CT molecular complexity index is 95.6. The minimum Gasteiger partial charge on any atom is -0.259 e. The highest BCUT2D eigenvalue weighted by Gasteiger charge is 1.96. The van der Waals surface area contributed by atoms with Gasteiger partial charge in [-0.1, -0.05) is 19.8 Å². The average molecular weight is 166 g/mol. The maximum Gasteiger partial charge on any atom is 0.101 e. The lowest BCUT2D eigenvalue weighted by molar-refractivity contribution is 0.528. The summed E-state index contributed by atoms with van der Waals surface area (Å²) in [7, 11) is -0.897. The Morgan fingerprint density at radius 1 is 1.30 bits per heavy atom. The van der Waals surface area contributed by atoms with Crippen molar-refractivity contribution in [3.8, 4) is 0 Å². The van der Waals surface area contributed by atoms with Crippen molar-refractivity contribution in [3.05, 3.63) is 0 Å². The van der Waals surface area contributed by atoms with Crippen molar-refractivity contribution in [1.29, 1.82) is 0 Å². The molecule has 1 unspecified atom stereocenters. The highest BCUT2D eigenvalue weighted by molar-refractivity contribution is 7.84. The zero-order chi connectivity index (χ0) is 7.82. The Labute approximate surface area is 64.5 Å². The van der Waals surface area contributed by atoms with Crippen LogP contribution in [0.4, 0.5) is 4.39 Å². The minimum atomic E-state index is -0.897. The molecule has 0 aromatic rings. The van der Waals surface area contributed by atoms with Crippen molar-refractivity contribution in [3.63, 3.8) is 0 Å². The van der Waals surface area contributed by atoms with Crippen LogP contribution in [0.5, 0.6) is 0 Å². The number of hydrogen-bond acceptors (Lipinski definition) is 1. The SMILES string of the molecule is CCCCCS(=O)CCF. The zero-order valence-electron chi connectivity index (χ0n) is 6.44. The Balaban J connectivity index is 3.05. The van der Waals surface area contributed by atoms with E-state index in [1.54, 1.807) is 0 Å². The number of alkyl halides is 1. The predicted octanol–water partition coefficient (Wildman–Crippen LogP) is 1.89. The number of rotatable bonds is 6. The summed E-state index contributed by atoms with van der Waals surface area (Å²) >= 11 is 0. The lowest BCUT2D eigenvalue weighted by atomic mass is 10.3. The Hall–Kier alpha value is 0.0800. The first-order valence-electron chi connectivity index (χ1n) is 3.72. The minimum absolute atomic E-state index is 0.226. The summed E-state index contributed by atoms with van der Waals surface area (Å²) in [5.41, 5.74) is 0. The maximum absolute atomic E-state index is 11.6. The molecular weight excluding hydrogens is 151 g/mol. The van der Waals surface area contributed by atoms with E-state index in [4.69, 9.17) is 0 Å². The molecule has 0 N–H and O–H groups in total. The van der Waals surface area contributed by atoms with Gasteiger partial charge in [-0.2, -0.15) is 0 Å². The molecule has 0 saturated carbocycles. The lowest BCUT2D eigenvalue weighted by Crippen LogP contribution is -2.03. The Morgan fingerprint density at radius 3 is 2.50 bits per heavy atom. The van der Waals surface area contributed by atoms with Crippen molar-refractivity contribution < 1.29 is 8.60 Å². The van der Waals surface area contributed by atoms with Crippen LogP contribution in [-0.2, 0) is 10.8 Å². The van der Waals surface area contributed by atoms with E-state index in [2.05, 4.69) is 6.92 Å². The first-order valence-corrected chi connectivity index (χ1v) is 5.21. The number of unbranched alkanes of at least 4 members (excludes halogenated alkanes) is 2. The zero-order valence-corrected chi connectivity index (χ0v) is 7.25. The molecule has 0 fully saturated rings. The number of hydrogen-bond donors (Lipinski definition) is 0. The summed E-state index contributed by atoms with van der Waals surface area (Å²) in [5.74, 6) is 0.904. The van der Waals surface area contributed by atoms with Crippen LogP contribution >= 0.6 is 0 Å². The van der Waals surface area contributed by atoms with E-state index in [1.165, 1.54) is 0 Å². The second-order valence-corrected chi connectivity index (χ2v) is 3.94. The van der Waals surface area contributed by atoms with Crippen LogP contribution in [-0.4, -0.2) is 22.4 Å². The van der Waals surface area contributed by atoms with Gasteiger partial charge in [0.15, 0.2) is 0 Å². The molecule has 3 heteroatoms. The van der Waals surface area contributed by atoms with Crippen molar-refractivity contribution in [1.82, 2.24) is 0 Å². The highest BCUT2D eigenvalue weighted by Crippen LogP contribution is 1.96. The van der Waals surface area contributed by atoms with Gasteiger partial charge in [0.05, 0.1) is 5.75 Å². The molecule has 0 aliphatic carbocycles. The molecule has 0 radical (unpaired) electrons. The van der Waals surface area contributed by atoms with Crippen molar-refractivity contribution in [2.45, 2.75) is 26.2 Å². The third kappa shape index (κ3) is 6.20. The summed E-state index contributed by atoms with van der Waals surface area (Å²) in [6, 6.07) is 0. The molecule has 0 rings (SSSR count). The molecule has 0 heterocycles. The average Bonchev–Trinajstić information content (AvgIpc) is 1.89. The smallest absolute Gasteiger partial charge is 0.101 e. The molecule has 0 saturated heterocycles. The fourth-order valence-electron chi connectivity index (χ4n) is 0.701. The summed E-state index contributed by atoms with van der Waals surface area (Å²) < 4.78 is 22.3. The predicted molar refractivity (Wildman–Crippen MR) is 43.4 cm³/mol. The van der Waals surface area contributed by atoms with Gasteiger partial charge in [-0.3, -0.25) is 8.60 Å². The molecule has 0 aromatic heterocycles. The first-order chi connectivity index (χ1) is 4.81. The van der Waals surface area contributed by atoms with Crippen LogP contribution in [0.2, 0.25) is 0 Å². The quantitative estimate of drug-likeness (QED) is 0.551. The highest BCUT2D eigenvalue weighted by atomic mass is 32.2. The second kappa shape index (κ2) is 7.19. The van der Waals surface area contributed by atoms with Gasteiger partial charge in [-0.05, 0) is 6.42 Å². The van der Waals surface area contributed by atoms with E-state index >= 15 is 0 Å².